The van der Waals surface area contributed by atoms with Crippen LogP contribution in [0.1, 0.15) is 22.8 Å². The van der Waals surface area contributed by atoms with Gasteiger partial charge in [0.05, 0.1) is 17.1 Å². The van der Waals surface area contributed by atoms with Crippen LogP contribution < -0.4 is 0 Å². The molecule has 0 bridgehead atoms. The van der Waals surface area contributed by atoms with Gasteiger partial charge in [0.1, 0.15) is 0 Å². The van der Waals surface area contributed by atoms with Crippen molar-refractivity contribution in [1.29, 1.82) is 0 Å². The zero-order valence-corrected chi connectivity index (χ0v) is 9.62. The molecule has 0 aliphatic rings. The Morgan fingerprint density at radius 2 is 2.00 bits per heavy atom. The zero-order chi connectivity index (χ0) is 11.7. The maximum atomic E-state index is 4.47. The summed E-state index contributed by atoms with van der Waals surface area (Å²) in [6.07, 6.45) is 7.51. The fourth-order valence-corrected chi connectivity index (χ4v) is 1.87. The Balaban J connectivity index is 2.79. The molecule has 0 amide bonds. The summed E-state index contributed by atoms with van der Waals surface area (Å²) in [5.74, 6) is 0.855. The number of H-pyrrole nitrogens is 1. The number of nitrogens with one attached hydrogen (secondary N) is 1. The minimum Gasteiger partial charge on any atom is -0.327 e. The van der Waals surface area contributed by atoms with Crippen molar-refractivity contribution >= 4 is 17.9 Å². The predicted octanol–water partition coefficient (Wildman–Crippen LogP) is 3.12. The SMILES string of the molecule is C=C/C=C\c1c(C)nc2[nH]c(C)c(C=C)n12. The molecule has 0 aromatic carbocycles. The van der Waals surface area contributed by atoms with Crippen molar-refractivity contribution in [3.63, 3.8) is 0 Å². The number of hydrogen-bond donors (Lipinski definition) is 1. The summed E-state index contributed by atoms with van der Waals surface area (Å²) in [5.41, 5.74) is 4.19. The third-order valence-corrected chi connectivity index (χ3v) is 2.60. The molecule has 82 valence electrons. The summed E-state index contributed by atoms with van der Waals surface area (Å²) in [6, 6.07) is 0. The number of allylic oxidation sites excluding steroid dienone is 2. The van der Waals surface area contributed by atoms with Crippen LogP contribution >= 0.6 is 0 Å². The van der Waals surface area contributed by atoms with Gasteiger partial charge in [-0.25, -0.2) is 4.98 Å². The van der Waals surface area contributed by atoms with Gasteiger partial charge in [0, 0.05) is 5.69 Å². The first kappa shape index (κ1) is 10.5. The molecule has 2 aromatic heterocycles. The Labute approximate surface area is 94.8 Å². The number of aromatic nitrogens is 3. The molecule has 16 heavy (non-hydrogen) atoms. The standard InChI is InChI=1S/C13H15N3/c1-5-7-8-12-10(4)15-13-14-9(3)11(6-2)16(12)13/h5-8H,1-2H2,3-4H3,(H,14,15)/b8-7-. The van der Waals surface area contributed by atoms with Gasteiger partial charge < -0.3 is 4.98 Å². The first-order valence-electron chi connectivity index (χ1n) is 5.18. The lowest BCUT2D eigenvalue weighted by atomic mass is 10.3. The Morgan fingerprint density at radius 3 is 2.62 bits per heavy atom. The Bertz CT molecular complexity index is 582. The van der Waals surface area contributed by atoms with Crippen LogP contribution in [0.2, 0.25) is 0 Å². The average Bonchev–Trinajstić information content (AvgIpc) is 2.69. The van der Waals surface area contributed by atoms with Gasteiger partial charge in [0.25, 0.3) is 0 Å². The molecule has 0 aliphatic heterocycles. The van der Waals surface area contributed by atoms with Crippen molar-refractivity contribution in [2.75, 3.05) is 0 Å². The predicted molar refractivity (Wildman–Crippen MR) is 68.3 cm³/mol. The second-order valence-electron chi connectivity index (χ2n) is 3.68. The van der Waals surface area contributed by atoms with E-state index in [4.69, 9.17) is 0 Å². The lowest BCUT2D eigenvalue weighted by Gasteiger charge is -1.97. The second-order valence-corrected chi connectivity index (χ2v) is 3.68. The normalized spacial score (nSPS) is 11.4. The lowest BCUT2D eigenvalue weighted by Crippen LogP contribution is -1.89. The Kier molecular flexibility index (Phi) is 2.52. The largest absolute Gasteiger partial charge is 0.327 e. The highest BCUT2D eigenvalue weighted by Gasteiger charge is 2.12. The van der Waals surface area contributed by atoms with E-state index in [-0.39, 0.29) is 0 Å². The molecule has 0 spiro atoms. The van der Waals surface area contributed by atoms with Crippen LogP contribution in [-0.2, 0) is 0 Å². The van der Waals surface area contributed by atoms with E-state index in [0.717, 1.165) is 28.6 Å². The van der Waals surface area contributed by atoms with E-state index in [1.54, 1.807) is 6.08 Å². The summed E-state index contributed by atoms with van der Waals surface area (Å²) in [6.45, 7) is 11.5. The van der Waals surface area contributed by atoms with Gasteiger partial charge >= 0.3 is 0 Å². The molecule has 0 saturated carbocycles. The Hall–Kier alpha value is -2.03. The molecule has 2 heterocycles. The first-order chi connectivity index (χ1) is 7.69. The highest BCUT2D eigenvalue weighted by atomic mass is 15.1. The second kappa shape index (κ2) is 3.85. The van der Waals surface area contributed by atoms with Crippen molar-refractivity contribution < 1.29 is 0 Å². The van der Waals surface area contributed by atoms with Gasteiger partial charge in [-0.05, 0) is 26.0 Å². The van der Waals surface area contributed by atoms with Gasteiger partial charge in [-0.1, -0.05) is 25.3 Å². The van der Waals surface area contributed by atoms with E-state index >= 15 is 0 Å². The van der Waals surface area contributed by atoms with Gasteiger partial charge in [0.2, 0.25) is 5.78 Å². The van der Waals surface area contributed by atoms with Crippen molar-refractivity contribution in [2.45, 2.75) is 13.8 Å². The summed E-state index contributed by atoms with van der Waals surface area (Å²) < 4.78 is 2.07. The molecular formula is C13H15N3. The molecule has 3 heteroatoms. The minimum atomic E-state index is 0.855. The van der Waals surface area contributed by atoms with E-state index in [1.807, 2.05) is 32.1 Å². The highest BCUT2D eigenvalue weighted by Crippen LogP contribution is 2.19. The number of rotatable bonds is 3. The van der Waals surface area contributed by atoms with Crippen LogP contribution in [0, 0.1) is 13.8 Å². The van der Waals surface area contributed by atoms with E-state index < -0.39 is 0 Å². The van der Waals surface area contributed by atoms with Crippen LogP contribution in [0.15, 0.2) is 25.3 Å². The average molecular weight is 213 g/mol. The van der Waals surface area contributed by atoms with Crippen LogP contribution in [-0.4, -0.2) is 14.4 Å². The molecule has 2 rings (SSSR count). The van der Waals surface area contributed by atoms with Gasteiger partial charge in [-0.3, -0.25) is 4.40 Å². The van der Waals surface area contributed by atoms with Crippen molar-refractivity contribution in [3.8, 4) is 0 Å². The fourth-order valence-electron chi connectivity index (χ4n) is 1.87. The molecule has 3 nitrogen and oxygen atoms in total. The van der Waals surface area contributed by atoms with Crippen LogP contribution in [0.25, 0.3) is 17.9 Å². The van der Waals surface area contributed by atoms with Crippen molar-refractivity contribution in [2.24, 2.45) is 0 Å². The number of aromatic amines is 1. The molecule has 0 saturated heterocycles. The molecule has 0 unspecified atom stereocenters. The molecule has 0 atom stereocenters. The van der Waals surface area contributed by atoms with E-state index in [0.29, 0.717) is 0 Å². The molecule has 1 N–H and O–H groups in total. The summed E-state index contributed by atoms with van der Waals surface area (Å²) in [4.78, 5) is 7.71. The van der Waals surface area contributed by atoms with Crippen LogP contribution in [0.3, 0.4) is 0 Å². The zero-order valence-electron chi connectivity index (χ0n) is 9.62. The number of fused-ring (bicyclic) bond motifs is 1. The maximum absolute atomic E-state index is 4.47. The Morgan fingerprint density at radius 1 is 1.25 bits per heavy atom. The smallest absolute Gasteiger partial charge is 0.212 e. The molecule has 2 aromatic rings. The summed E-state index contributed by atoms with van der Waals surface area (Å²) >= 11 is 0. The quantitative estimate of drug-likeness (QED) is 0.781. The lowest BCUT2D eigenvalue weighted by molar-refractivity contribution is 1.16. The molecule has 0 aliphatic carbocycles. The maximum Gasteiger partial charge on any atom is 0.212 e. The van der Waals surface area contributed by atoms with Gasteiger partial charge in [0.15, 0.2) is 0 Å². The molecule has 0 fully saturated rings. The summed E-state index contributed by atoms with van der Waals surface area (Å²) in [7, 11) is 0. The third-order valence-electron chi connectivity index (χ3n) is 2.60. The van der Waals surface area contributed by atoms with E-state index in [2.05, 4.69) is 27.5 Å². The van der Waals surface area contributed by atoms with E-state index in [9.17, 15) is 0 Å². The number of nitrogens with zero attached hydrogens (tertiary/aromatic N) is 2. The summed E-state index contributed by atoms with van der Waals surface area (Å²) in [5, 5.41) is 0. The fraction of sp³-hybridized carbons (Fsp3) is 0.154. The molecule has 0 radical (unpaired) electrons. The van der Waals surface area contributed by atoms with Crippen LogP contribution in [0.5, 0.6) is 0 Å². The van der Waals surface area contributed by atoms with Gasteiger partial charge in [-0.2, -0.15) is 0 Å². The third kappa shape index (κ3) is 1.41. The number of hydrogen-bond acceptors (Lipinski definition) is 1. The van der Waals surface area contributed by atoms with Crippen molar-refractivity contribution in [1.82, 2.24) is 14.4 Å². The van der Waals surface area contributed by atoms with Crippen LogP contribution in [0.4, 0.5) is 0 Å². The first-order valence-corrected chi connectivity index (χ1v) is 5.18. The number of imidazole rings is 2. The van der Waals surface area contributed by atoms with Crippen molar-refractivity contribution in [3.05, 3.63) is 48.1 Å². The van der Waals surface area contributed by atoms with E-state index in [1.165, 1.54) is 0 Å². The minimum absolute atomic E-state index is 0.855. The van der Waals surface area contributed by atoms with Gasteiger partial charge in [-0.15, -0.1) is 0 Å². The monoisotopic (exact) mass is 213 g/mol. The molecular weight excluding hydrogens is 198 g/mol. The topological polar surface area (TPSA) is 33.1 Å². The highest BCUT2D eigenvalue weighted by molar-refractivity contribution is 5.61. The number of aryl methyl sites for hydroxylation is 2.